The molecule has 0 unspecified atom stereocenters. The van der Waals surface area contributed by atoms with E-state index in [-0.39, 0.29) is 5.91 Å². The van der Waals surface area contributed by atoms with Crippen LogP contribution >= 0.6 is 0 Å². The van der Waals surface area contributed by atoms with Gasteiger partial charge in [0.25, 0.3) is 0 Å². The van der Waals surface area contributed by atoms with Gasteiger partial charge in [0.2, 0.25) is 5.91 Å². The molecule has 0 atom stereocenters. The molecular formula is C15H23NO. The first-order valence-electron chi connectivity index (χ1n) is 6.45. The number of hydrogen-bond acceptors (Lipinski definition) is 1. The summed E-state index contributed by atoms with van der Waals surface area (Å²) >= 11 is 0. The molecule has 0 fully saturated rings. The van der Waals surface area contributed by atoms with Crippen LogP contribution in [-0.2, 0) is 4.79 Å². The van der Waals surface area contributed by atoms with E-state index in [0.717, 1.165) is 24.1 Å². The van der Waals surface area contributed by atoms with E-state index < -0.39 is 0 Å². The molecule has 2 heteroatoms. The van der Waals surface area contributed by atoms with Crippen LogP contribution in [0, 0.1) is 6.92 Å². The number of hydrogen-bond donors (Lipinski definition) is 1. The summed E-state index contributed by atoms with van der Waals surface area (Å²) in [5.41, 5.74) is 3.36. The second-order valence-corrected chi connectivity index (χ2v) is 4.85. The summed E-state index contributed by atoms with van der Waals surface area (Å²) in [6.45, 7) is 8.44. The maximum absolute atomic E-state index is 11.8. The molecule has 0 aliphatic rings. The molecule has 0 aliphatic heterocycles. The molecule has 1 N–H and O–H groups in total. The van der Waals surface area contributed by atoms with E-state index in [4.69, 9.17) is 0 Å². The van der Waals surface area contributed by atoms with Crippen LogP contribution in [0.3, 0.4) is 0 Å². The van der Waals surface area contributed by atoms with E-state index in [1.54, 1.807) is 0 Å². The maximum Gasteiger partial charge on any atom is 0.224 e. The van der Waals surface area contributed by atoms with Gasteiger partial charge < -0.3 is 5.32 Å². The normalized spacial score (nSPS) is 10.6. The summed E-state index contributed by atoms with van der Waals surface area (Å²) in [5, 5.41) is 3.06. The highest BCUT2D eigenvalue weighted by Gasteiger charge is 2.11. The van der Waals surface area contributed by atoms with Crippen molar-refractivity contribution in [2.24, 2.45) is 0 Å². The summed E-state index contributed by atoms with van der Waals surface area (Å²) < 4.78 is 0. The lowest BCUT2D eigenvalue weighted by Gasteiger charge is -2.16. The molecule has 2 nitrogen and oxygen atoms in total. The molecule has 1 rings (SSSR count). The van der Waals surface area contributed by atoms with Gasteiger partial charge in [-0.3, -0.25) is 4.79 Å². The van der Waals surface area contributed by atoms with E-state index in [1.807, 2.05) is 19.1 Å². The number of unbranched alkanes of at least 4 members (excludes halogenated alkanes) is 1. The Balaban J connectivity index is 2.85. The lowest BCUT2D eigenvalue weighted by atomic mass is 9.98. The van der Waals surface area contributed by atoms with E-state index in [0.29, 0.717) is 12.3 Å². The Labute approximate surface area is 104 Å². The number of aryl methyl sites for hydroxylation is 1. The molecule has 94 valence electrons. The molecule has 0 saturated heterocycles. The predicted octanol–water partition coefficient (Wildman–Crippen LogP) is 4.25. The first-order chi connectivity index (χ1) is 8.06. The summed E-state index contributed by atoms with van der Waals surface area (Å²) in [5.74, 6) is 0.555. The second-order valence-electron chi connectivity index (χ2n) is 4.85. The molecule has 17 heavy (non-hydrogen) atoms. The Kier molecular flexibility index (Phi) is 5.20. The lowest BCUT2D eigenvalue weighted by Crippen LogP contribution is -2.14. The van der Waals surface area contributed by atoms with Crippen molar-refractivity contribution in [3.05, 3.63) is 29.3 Å². The van der Waals surface area contributed by atoms with Gasteiger partial charge in [-0.25, -0.2) is 0 Å². The van der Waals surface area contributed by atoms with Gasteiger partial charge in [-0.2, -0.15) is 0 Å². The monoisotopic (exact) mass is 233 g/mol. The highest BCUT2D eigenvalue weighted by molar-refractivity contribution is 5.92. The third kappa shape index (κ3) is 3.88. The van der Waals surface area contributed by atoms with Crippen LogP contribution in [0.15, 0.2) is 18.2 Å². The fourth-order valence-electron chi connectivity index (χ4n) is 1.88. The van der Waals surface area contributed by atoms with Crippen LogP contribution in [0.1, 0.15) is 57.1 Å². The van der Waals surface area contributed by atoms with Crippen molar-refractivity contribution in [2.45, 2.75) is 52.9 Å². The molecule has 1 aromatic carbocycles. The van der Waals surface area contributed by atoms with Crippen LogP contribution in [-0.4, -0.2) is 5.91 Å². The van der Waals surface area contributed by atoms with Gasteiger partial charge in [-0.15, -0.1) is 0 Å². The molecule has 0 spiro atoms. The fourth-order valence-corrected chi connectivity index (χ4v) is 1.88. The van der Waals surface area contributed by atoms with E-state index in [9.17, 15) is 4.79 Å². The van der Waals surface area contributed by atoms with Gasteiger partial charge in [0, 0.05) is 12.1 Å². The molecule has 0 heterocycles. The number of benzene rings is 1. The zero-order chi connectivity index (χ0) is 12.8. The van der Waals surface area contributed by atoms with Gasteiger partial charge in [-0.1, -0.05) is 45.4 Å². The van der Waals surface area contributed by atoms with Crippen molar-refractivity contribution in [3.63, 3.8) is 0 Å². The average Bonchev–Trinajstić information content (AvgIpc) is 2.28. The van der Waals surface area contributed by atoms with Gasteiger partial charge >= 0.3 is 0 Å². The Morgan fingerprint density at radius 1 is 1.35 bits per heavy atom. The Morgan fingerprint density at radius 2 is 2.06 bits per heavy atom. The van der Waals surface area contributed by atoms with Gasteiger partial charge in [0.05, 0.1) is 0 Å². The molecular weight excluding hydrogens is 210 g/mol. The minimum Gasteiger partial charge on any atom is -0.326 e. The number of nitrogens with one attached hydrogen (secondary N) is 1. The van der Waals surface area contributed by atoms with Crippen molar-refractivity contribution < 1.29 is 4.79 Å². The highest BCUT2D eigenvalue weighted by Crippen LogP contribution is 2.27. The average molecular weight is 233 g/mol. The minimum atomic E-state index is 0.128. The summed E-state index contributed by atoms with van der Waals surface area (Å²) in [7, 11) is 0. The van der Waals surface area contributed by atoms with Crippen molar-refractivity contribution in [3.8, 4) is 0 Å². The first-order valence-corrected chi connectivity index (χ1v) is 6.45. The second kappa shape index (κ2) is 6.43. The summed E-state index contributed by atoms with van der Waals surface area (Å²) in [4.78, 5) is 11.8. The number of anilines is 1. The Hall–Kier alpha value is -1.31. The van der Waals surface area contributed by atoms with E-state index in [1.165, 1.54) is 5.56 Å². The number of carbonyl (C=O) groups is 1. The zero-order valence-electron chi connectivity index (χ0n) is 11.3. The topological polar surface area (TPSA) is 29.1 Å². The van der Waals surface area contributed by atoms with Crippen molar-refractivity contribution >= 4 is 11.6 Å². The quantitative estimate of drug-likeness (QED) is 0.809. The number of rotatable bonds is 5. The molecule has 0 aliphatic carbocycles. The smallest absolute Gasteiger partial charge is 0.224 e. The van der Waals surface area contributed by atoms with Gasteiger partial charge in [0.1, 0.15) is 0 Å². The van der Waals surface area contributed by atoms with Crippen LogP contribution in [0.5, 0.6) is 0 Å². The first kappa shape index (κ1) is 13.8. The Morgan fingerprint density at radius 3 is 2.65 bits per heavy atom. The SMILES string of the molecule is CCCCC(=O)Nc1c(C)cccc1C(C)C. The van der Waals surface area contributed by atoms with Crippen molar-refractivity contribution in [2.75, 3.05) is 5.32 Å². The van der Waals surface area contributed by atoms with Crippen molar-refractivity contribution in [1.29, 1.82) is 0 Å². The fraction of sp³-hybridized carbons (Fsp3) is 0.533. The Bertz CT molecular complexity index is 383. The van der Waals surface area contributed by atoms with Crippen LogP contribution < -0.4 is 5.32 Å². The molecule has 0 bridgehead atoms. The maximum atomic E-state index is 11.8. The molecule has 1 amide bonds. The highest BCUT2D eigenvalue weighted by atomic mass is 16.1. The minimum absolute atomic E-state index is 0.128. The van der Waals surface area contributed by atoms with Crippen molar-refractivity contribution in [1.82, 2.24) is 0 Å². The van der Waals surface area contributed by atoms with E-state index >= 15 is 0 Å². The summed E-state index contributed by atoms with van der Waals surface area (Å²) in [6, 6.07) is 6.18. The molecule has 0 saturated carbocycles. The third-order valence-corrected chi connectivity index (χ3v) is 2.95. The van der Waals surface area contributed by atoms with E-state index in [2.05, 4.69) is 32.2 Å². The standard InChI is InChI=1S/C15H23NO/c1-5-6-10-14(17)16-15-12(4)8-7-9-13(15)11(2)3/h7-9,11H,5-6,10H2,1-4H3,(H,16,17). The number of carbonyl (C=O) groups excluding carboxylic acids is 1. The number of para-hydroxylation sites is 1. The molecule has 1 aromatic rings. The zero-order valence-corrected chi connectivity index (χ0v) is 11.3. The van der Waals surface area contributed by atoms with Crippen LogP contribution in [0.4, 0.5) is 5.69 Å². The largest absolute Gasteiger partial charge is 0.326 e. The molecule has 0 radical (unpaired) electrons. The van der Waals surface area contributed by atoms with Crippen LogP contribution in [0.25, 0.3) is 0 Å². The lowest BCUT2D eigenvalue weighted by molar-refractivity contribution is -0.116. The third-order valence-electron chi connectivity index (χ3n) is 2.95. The molecule has 0 aromatic heterocycles. The van der Waals surface area contributed by atoms with Gasteiger partial charge in [0.15, 0.2) is 0 Å². The predicted molar refractivity (Wildman–Crippen MR) is 73.4 cm³/mol. The van der Waals surface area contributed by atoms with Gasteiger partial charge in [-0.05, 0) is 30.4 Å². The van der Waals surface area contributed by atoms with Crippen LogP contribution in [0.2, 0.25) is 0 Å². The summed E-state index contributed by atoms with van der Waals surface area (Å²) in [6.07, 6.45) is 2.62. The number of amides is 1.